The van der Waals surface area contributed by atoms with Crippen molar-refractivity contribution >= 4 is 30.9 Å². The predicted molar refractivity (Wildman–Crippen MR) is 132 cm³/mol. The third-order valence-electron chi connectivity index (χ3n) is 6.36. The summed E-state index contributed by atoms with van der Waals surface area (Å²) in [6.07, 6.45) is 6.33. The van der Waals surface area contributed by atoms with E-state index in [2.05, 4.69) is 74.4 Å². The molecule has 3 nitrogen and oxygen atoms in total. The van der Waals surface area contributed by atoms with Crippen LogP contribution in [0.4, 0.5) is 0 Å². The highest BCUT2D eigenvalue weighted by Crippen LogP contribution is 2.38. The fraction of sp³-hybridized carbons (Fsp3) is 0.913. The second-order valence-corrected chi connectivity index (χ2v) is 16.2. The molecule has 5 heteroatoms. The second-order valence-electron chi connectivity index (χ2n) is 10.7. The smallest absolute Gasteiger partial charge is 0.191 e. The number of hydrogen-bond acceptors (Lipinski definition) is 3. The van der Waals surface area contributed by atoms with Gasteiger partial charge in [-0.1, -0.05) is 75.1 Å². The van der Waals surface area contributed by atoms with Crippen LogP contribution in [0.3, 0.4) is 0 Å². The van der Waals surface area contributed by atoms with Gasteiger partial charge in [0.15, 0.2) is 14.1 Å². The standard InChI is InChI=1S/C23H45IO3Si/c1-18(14-19(2)15-24)12-10-11-13-21-20(16-25-23(6,7)27-21)17-26-28(8,9)22(3,4)5/h15,18,20-21H,10-14,16-17H2,1-9H3/b19-15+/t18-,20-,21-/m1/s1. The van der Waals surface area contributed by atoms with Gasteiger partial charge in [-0.15, -0.1) is 0 Å². The van der Waals surface area contributed by atoms with E-state index in [1.165, 1.54) is 31.3 Å². The average molecular weight is 525 g/mol. The Hall–Kier alpha value is 0.567. The van der Waals surface area contributed by atoms with Gasteiger partial charge in [0, 0.05) is 12.5 Å². The van der Waals surface area contributed by atoms with Gasteiger partial charge in [-0.2, -0.15) is 0 Å². The maximum absolute atomic E-state index is 6.50. The van der Waals surface area contributed by atoms with Crippen molar-refractivity contribution in [2.24, 2.45) is 11.8 Å². The Morgan fingerprint density at radius 3 is 2.50 bits per heavy atom. The molecule has 0 aliphatic carbocycles. The van der Waals surface area contributed by atoms with Gasteiger partial charge in [0.2, 0.25) is 0 Å². The SMILES string of the molecule is C/C(=C\I)C[C@H](C)CCCC[C@H]1OC(C)(C)OC[C@@H]1CO[Si](C)(C)C(C)(C)C. The molecule has 0 N–H and O–H groups in total. The van der Waals surface area contributed by atoms with Crippen LogP contribution in [0.15, 0.2) is 9.66 Å². The van der Waals surface area contributed by atoms with Gasteiger partial charge in [-0.25, -0.2) is 0 Å². The molecule has 1 fully saturated rings. The molecule has 3 atom stereocenters. The van der Waals surface area contributed by atoms with Crippen LogP contribution in [-0.4, -0.2) is 33.4 Å². The Balaban J connectivity index is 2.53. The van der Waals surface area contributed by atoms with E-state index in [0.717, 1.165) is 25.6 Å². The lowest BCUT2D eigenvalue weighted by atomic mass is 9.93. The second kappa shape index (κ2) is 11.3. The molecule has 0 bridgehead atoms. The van der Waals surface area contributed by atoms with Crippen molar-refractivity contribution in [3.05, 3.63) is 9.66 Å². The maximum atomic E-state index is 6.50. The molecule has 0 aromatic heterocycles. The molecule has 0 radical (unpaired) electrons. The van der Waals surface area contributed by atoms with Crippen LogP contribution in [-0.2, 0) is 13.9 Å². The van der Waals surface area contributed by atoms with Crippen LogP contribution >= 0.6 is 22.6 Å². The summed E-state index contributed by atoms with van der Waals surface area (Å²) >= 11 is 2.34. The summed E-state index contributed by atoms with van der Waals surface area (Å²) in [6, 6.07) is 0. The first kappa shape index (κ1) is 26.6. The molecule has 0 unspecified atom stereocenters. The highest BCUT2D eigenvalue weighted by atomic mass is 127. The van der Waals surface area contributed by atoms with Gasteiger partial charge in [0.05, 0.1) is 12.7 Å². The van der Waals surface area contributed by atoms with Gasteiger partial charge in [0.25, 0.3) is 0 Å². The lowest BCUT2D eigenvalue weighted by molar-refractivity contribution is -0.296. The third-order valence-corrected chi connectivity index (χ3v) is 11.9. The van der Waals surface area contributed by atoms with E-state index in [1.54, 1.807) is 0 Å². The lowest BCUT2D eigenvalue weighted by Crippen LogP contribution is -2.49. The predicted octanol–water partition coefficient (Wildman–Crippen LogP) is 7.70. The number of allylic oxidation sites excluding steroid dienone is 1. The minimum atomic E-state index is -1.74. The van der Waals surface area contributed by atoms with Crippen molar-refractivity contribution in [3.8, 4) is 0 Å². The summed E-state index contributed by atoms with van der Waals surface area (Å²) in [7, 11) is -1.74. The van der Waals surface area contributed by atoms with Crippen molar-refractivity contribution < 1.29 is 13.9 Å². The Morgan fingerprint density at radius 2 is 1.93 bits per heavy atom. The van der Waals surface area contributed by atoms with Crippen LogP contribution in [0.1, 0.15) is 80.6 Å². The van der Waals surface area contributed by atoms with Gasteiger partial charge >= 0.3 is 0 Å². The van der Waals surface area contributed by atoms with E-state index in [-0.39, 0.29) is 11.1 Å². The summed E-state index contributed by atoms with van der Waals surface area (Å²) in [6.45, 7) is 21.7. The van der Waals surface area contributed by atoms with Crippen molar-refractivity contribution in [3.63, 3.8) is 0 Å². The van der Waals surface area contributed by atoms with E-state index >= 15 is 0 Å². The van der Waals surface area contributed by atoms with Gasteiger partial charge < -0.3 is 13.9 Å². The summed E-state index contributed by atoms with van der Waals surface area (Å²) in [5.74, 6) is 0.618. The molecular weight excluding hydrogens is 479 g/mol. The molecule has 1 heterocycles. The Morgan fingerprint density at radius 1 is 1.29 bits per heavy atom. The Kier molecular flexibility index (Phi) is 10.7. The quantitative estimate of drug-likeness (QED) is 0.167. The first-order chi connectivity index (χ1) is 12.8. The Labute approximate surface area is 189 Å². The first-order valence-electron chi connectivity index (χ1n) is 11.0. The van der Waals surface area contributed by atoms with E-state index in [9.17, 15) is 0 Å². The molecule has 0 aromatic carbocycles. The van der Waals surface area contributed by atoms with Crippen molar-refractivity contribution in [2.75, 3.05) is 13.2 Å². The molecule has 28 heavy (non-hydrogen) atoms. The van der Waals surface area contributed by atoms with Crippen LogP contribution in [0.2, 0.25) is 18.1 Å². The molecule has 1 saturated heterocycles. The maximum Gasteiger partial charge on any atom is 0.191 e. The largest absolute Gasteiger partial charge is 0.416 e. The summed E-state index contributed by atoms with van der Waals surface area (Å²) in [5, 5.41) is 0.235. The number of unbranched alkanes of at least 4 members (excludes halogenated alkanes) is 1. The zero-order chi connectivity index (χ0) is 21.6. The van der Waals surface area contributed by atoms with Crippen molar-refractivity contribution in [2.45, 2.75) is 111 Å². The van der Waals surface area contributed by atoms with Gasteiger partial charge in [0.1, 0.15) is 0 Å². The van der Waals surface area contributed by atoms with Crippen LogP contribution in [0.25, 0.3) is 0 Å². The summed E-state index contributed by atoms with van der Waals surface area (Å²) in [5.41, 5.74) is 1.49. The summed E-state index contributed by atoms with van der Waals surface area (Å²) in [4.78, 5) is 0. The third kappa shape index (κ3) is 9.15. The van der Waals surface area contributed by atoms with Gasteiger partial charge in [-0.05, 0) is 61.7 Å². The van der Waals surface area contributed by atoms with Crippen molar-refractivity contribution in [1.82, 2.24) is 0 Å². The summed E-state index contributed by atoms with van der Waals surface area (Å²) < 4.78 is 21.0. The molecular formula is C23H45IO3Si. The zero-order valence-corrected chi connectivity index (χ0v) is 23.0. The Bertz CT molecular complexity index is 497. The molecule has 0 aromatic rings. The molecule has 166 valence electrons. The highest BCUT2D eigenvalue weighted by Gasteiger charge is 2.41. The van der Waals surface area contributed by atoms with Crippen LogP contribution in [0, 0.1) is 11.8 Å². The van der Waals surface area contributed by atoms with E-state index < -0.39 is 14.1 Å². The molecule has 1 aliphatic rings. The van der Waals surface area contributed by atoms with E-state index in [1.807, 2.05) is 13.8 Å². The minimum absolute atomic E-state index is 0.235. The average Bonchev–Trinajstić information content (AvgIpc) is 2.56. The molecule has 1 rings (SSSR count). The normalized spacial score (nSPS) is 25.0. The number of ether oxygens (including phenoxy) is 2. The highest BCUT2D eigenvalue weighted by molar-refractivity contribution is 14.1. The number of rotatable bonds is 10. The fourth-order valence-electron chi connectivity index (χ4n) is 3.43. The molecule has 0 saturated carbocycles. The van der Waals surface area contributed by atoms with E-state index in [0.29, 0.717) is 5.92 Å². The van der Waals surface area contributed by atoms with Crippen LogP contribution < -0.4 is 0 Å². The van der Waals surface area contributed by atoms with E-state index in [4.69, 9.17) is 13.9 Å². The molecule has 0 amide bonds. The van der Waals surface area contributed by atoms with Gasteiger partial charge in [-0.3, -0.25) is 0 Å². The fourth-order valence-corrected chi connectivity index (χ4v) is 4.74. The number of hydrogen-bond donors (Lipinski definition) is 0. The first-order valence-corrected chi connectivity index (χ1v) is 15.1. The van der Waals surface area contributed by atoms with Crippen molar-refractivity contribution in [1.29, 1.82) is 0 Å². The topological polar surface area (TPSA) is 27.7 Å². The molecule has 1 aliphatic heterocycles. The number of halogens is 1. The molecule has 0 spiro atoms. The monoisotopic (exact) mass is 524 g/mol. The lowest BCUT2D eigenvalue weighted by Gasteiger charge is -2.43. The minimum Gasteiger partial charge on any atom is -0.416 e. The van der Waals surface area contributed by atoms with Crippen LogP contribution in [0.5, 0.6) is 0 Å². The zero-order valence-electron chi connectivity index (χ0n) is 19.9.